The van der Waals surface area contributed by atoms with Gasteiger partial charge in [0.05, 0.1) is 6.10 Å². The first-order chi connectivity index (χ1) is 12.7. The zero-order valence-corrected chi connectivity index (χ0v) is 14.8. The fourth-order valence-electron chi connectivity index (χ4n) is 1.07. The molecule has 0 aliphatic carbocycles. The van der Waals surface area contributed by atoms with Crippen molar-refractivity contribution >= 4 is 23.9 Å². The van der Waals surface area contributed by atoms with Crippen molar-refractivity contribution in [1.29, 1.82) is 0 Å². The van der Waals surface area contributed by atoms with E-state index in [1.165, 1.54) is 0 Å². The van der Waals surface area contributed by atoms with E-state index < -0.39 is 48.3 Å². The van der Waals surface area contributed by atoms with Gasteiger partial charge >= 0.3 is 23.9 Å². The molecule has 10 N–H and O–H groups in total. The Balaban J connectivity index is -0.000000337. The Bertz CT molecular complexity index is 407. The molecule has 5 atom stereocenters. The lowest BCUT2D eigenvalue weighted by Gasteiger charge is -2.07. The van der Waals surface area contributed by atoms with Crippen LogP contribution in [0.1, 0.15) is 26.2 Å². The smallest absolute Gasteiger partial charge is 0.335 e. The minimum atomic E-state index is -2.27. The highest BCUT2D eigenvalue weighted by Crippen LogP contribution is 1.98. The topological polar surface area (TPSA) is 271 Å². The summed E-state index contributed by atoms with van der Waals surface area (Å²) in [6.07, 6.45) is -7.03. The van der Waals surface area contributed by atoms with Crippen molar-refractivity contribution in [2.45, 2.75) is 56.7 Å². The molecule has 28 heavy (non-hydrogen) atoms. The highest BCUT2D eigenvalue weighted by molar-refractivity contribution is 5.83. The van der Waals surface area contributed by atoms with Crippen LogP contribution in [0.4, 0.5) is 0 Å². The van der Waals surface area contributed by atoms with Gasteiger partial charge in [-0.05, 0) is 19.3 Å². The summed E-state index contributed by atoms with van der Waals surface area (Å²) in [4.78, 5) is 39.1. The fraction of sp³-hybridized carbons (Fsp3) is 0.714. The van der Waals surface area contributed by atoms with Crippen LogP contribution in [0, 0.1) is 0 Å². The van der Waals surface area contributed by atoms with Crippen LogP contribution >= 0.6 is 0 Å². The number of aliphatic hydroxyl groups excluding tert-OH is 6. The third kappa shape index (κ3) is 15.9. The lowest BCUT2D eigenvalue weighted by atomic mass is 10.2. The summed E-state index contributed by atoms with van der Waals surface area (Å²) in [6, 6.07) is 0. The van der Waals surface area contributed by atoms with Gasteiger partial charge in [0.25, 0.3) is 0 Å². The first kappa shape index (κ1) is 30.4. The van der Waals surface area contributed by atoms with Gasteiger partial charge in [-0.3, -0.25) is 0 Å². The number of carbonyl (C=O) groups is 4. The van der Waals surface area contributed by atoms with Gasteiger partial charge in [0.15, 0.2) is 24.4 Å². The van der Waals surface area contributed by atoms with Crippen LogP contribution in [0.15, 0.2) is 0 Å². The molecule has 0 bridgehead atoms. The first-order valence-electron chi connectivity index (χ1n) is 7.66. The summed E-state index contributed by atoms with van der Waals surface area (Å²) in [6.45, 7) is 2.12. The summed E-state index contributed by atoms with van der Waals surface area (Å²) < 4.78 is 0. The lowest BCUT2D eigenvalue weighted by molar-refractivity contribution is -0.165. The van der Waals surface area contributed by atoms with E-state index in [1.54, 1.807) is 0 Å². The second-order valence-electron chi connectivity index (χ2n) is 5.06. The van der Waals surface area contributed by atoms with E-state index >= 15 is 0 Å². The number of rotatable bonds is 10. The number of aliphatic hydroxyl groups is 6. The van der Waals surface area contributed by atoms with E-state index in [0.29, 0.717) is 0 Å². The molecule has 166 valence electrons. The van der Waals surface area contributed by atoms with Crippen LogP contribution in [-0.4, -0.2) is 112 Å². The number of carboxylic acids is 4. The van der Waals surface area contributed by atoms with Crippen LogP contribution in [0.2, 0.25) is 0 Å². The Labute approximate surface area is 158 Å². The van der Waals surface area contributed by atoms with Crippen LogP contribution in [0.3, 0.4) is 0 Å². The average molecular weight is 418 g/mol. The maximum Gasteiger partial charge on any atom is 0.335 e. The van der Waals surface area contributed by atoms with Crippen LogP contribution in [0.5, 0.6) is 0 Å². The van der Waals surface area contributed by atoms with E-state index in [-0.39, 0.29) is 12.7 Å². The molecular formula is C14H26O14. The van der Waals surface area contributed by atoms with E-state index in [0.717, 1.165) is 19.3 Å². The van der Waals surface area contributed by atoms with Crippen molar-refractivity contribution in [1.82, 2.24) is 0 Å². The molecule has 0 saturated carbocycles. The second-order valence-corrected chi connectivity index (χ2v) is 5.06. The maximum atomic E-state index is 9.77. The highest BCUT2D eigenvalue weighted by atomic mass is 16.4. The van der Waals surface area contributed by atoms with Gasteiger partial charge in [0.2, 0.25) is 0 Å². The minimum Gasteiger partial charge on any atom is -0.479 e. The number of carboxylic acid groups (broad SMARTS) is 4. The number of hydrogen-bond acceptors (Lipinski definition) is 10. The van der Waals surface area contributed by atoms with Crippen molar-refractivity contribution in [3.63, 3.8) is 0 Å². The number of aliphatic carboxylic acids is 4. The minimum absolute atomic E-state index is 0.192. The Kier molecular flexibility index (Phi) is 18.2. The highest BCUT2D eigenvalue weighted by Gasteiger charge is 2.30. The van der Waals surface area contributed by atoms with Crippen LogP contribution in [-0.2, 0) is 19.2 Å². The second kappa shape index (κ2) is 16.8. The molecule has 0 fully saturated rings. The predicted molar refractivity (Wildman–Crippen MR) is 87.2 cm³/mol. The standard InChI is InChI=1S/C6H14O2.2C4H6O6/c1-2-6(8)4-3-5-7;2*5-1(3(7)8)2(6)4(9)10/h6-8H,2-5H2,1H3;2*1-2,5-6H,(H,7,8)(H,9,10). The molecule has 0 aromatic heterocycles. The SMILES string of the molecule is CCC(O)CCCO.O=C(O)C(O)C(O)C(=O)O.O=C(O)C(O)C(O)C(=O)O. The lowest BCUT2D eigenvalue weighted by Crippen LogP contribution is -2.39. The molecular weight excluding hydrogens is 392 g/mol. The van der Waals surface area contributed by atoms with E-state index in [9.17, 15) is 19.2 Å². The summed E-state index contributed by atoms with van der Waals surface area (Å²) in [7, 11) is 0. The van der Waals surface area contributed by atoms with E-state index in [1.807, 2.05) is 6.92 Å². The van der Waals surface area contributed by atoms with Crippen LogP contribution < -0.4 is 0 Å². The van der Waals surface area contributed by atoms with Crippen molar-refractivity contribution in [2.24, 2.45) is 0 Å². The molecule has 0 radical (unpaired) electrons. The normalized spacial score (nSPS) is 15.2. The van der Waals surface area contributed by atoms with Crippen molar-refractivity contribution < 1.29 is 70.2 Å². The molecule has 0 rings (SSSR count). The quantitative estimate of drug-likeness (QED) is 0.163. The largest absolute Gasteiger partial charge is 0.479 e. The van der Waals surface area contributed by atoms with Crippen molar-refractivity contribution in [3.05, 3.63) is 0 Å². The fourth-order valence-corrected chi connectivity index (χ4v) is 1.07. The molecule has 0 aromatic carbocycles. The van der Waals surface area contributed by atoms with Gasteiger partial charge in [-0.1, -0.05) is 6.92 Å². The molecule has 0 aliphatic rings. The third-order valence-electron chi connectivity index (χ3n) is 2.78. The van der Waals surface area contributed by atoms with E-state index in [2.05, 4.69) is 0 Å². The van der Waals surface area contributed by atoms with Gasteiger partial charge in [-0.2, -0.15) is 0 Å². The molecule has 0 saturated heterocycles. The van der Waals surface area contributed by atoms with Crippen molar-refractivity contribution in [2.75, 3.05) is 6.61 Å². The maximum absolute atomic E-state index is 9.77. The van der Waals surface area contributed by atoms with Gasteiger partial charge in [-0.15, -0.1) is 0 Å². The Hall–Kier alpha value is -2.36. The molecule has 0 amide bonds. The van der Waals surface area contributed by atoms with Gasteiger partial charge < -0.3 is 51.1 Å². The Morgan fingerprint density at radius 2 is 0.893 bits per heavy atom. The van der Waals surface area contributed by atoms with E-state index in [4.69, 9.17) is 51.1 Å². The Morgan fingerprint density at radius 1 is 0.643 bits per heavy atom. The summed E-state index contributed by atoms with van der Waals surface area (Å²) >= 11 is 0. The molecule has 0 heterocycles. The molecule has 0 aliphatic heterocycles. The van der Waals surface area contributed by atoms with Gasteiger partial charge in [-0.25, -0.2) is 19.2 Å². The first-order valence-corrected chi connectivity index (χ1v) is 7.66. The summed E-state index contributed by atoms with van der Waals surface area (Å²) in [5, 5.41) is 82.2. The van der Waals surface area contributed by atoms with Gasteiger partial charge in [0.1, 0.15) is 0 Å². The van der Waals surface area contributed by atoms with Gasteiger partial charge in [0, 0.05) is 6.61 Å². The zero-order valence-electron chi connectivity index (χ0n) is 14.8. The summed E-state index contributed by atoms with van der Waals surface area (Å²) in [5.41, 5.74) is 0. The zero-order chi connectivity index (χ0) is 23.0. The summed E-state index contributed by atoms with van der Waals surface area (Å²) in [5.74, 6) is -7.07. The predicted octanol–water partition coefficient (Wildman–Crippen LogP) is -3.72. The molecule has 5 unspecified atom stereocenters. The molecule has 14 nitrogen and oxygen atoms in total. The Morgan fingerprint density at radius 3 is 1.04 bits per heavy atom. The molecule has 0 aromatic rings. The van der Waals surface area contributed by atoms with Crippen molar-refractivity contribution in [3.8, 4) is 0 Å². The monoisotopic (exact) mass is 418 g/mol. The molecule has 14 heteroatoms. The molecule has 0 spiro atoms. The third-order valence-corrected chi connectivity index (χ3v) is 2.78. The van der Waals surface area contributed by atoms with Crippen LogP contribution in [0.25, 0.3) is 0 Å². The number of hydrogen-bond donors (Lipinski definition) is 10. The average Bonchev–Trinajstić information content (AvgIpc) is 2.63.